The third kappa shape index (κ3) is 6.17. The predicted molar refractivity (Wildman–Crippen MR) is 126 cm³/mol. The number of rotatable bonds is 6. The summed E-state index contributed by atoms with van der Waals surface area (Å²) in [5, 5.41) is 3.88. The van der Waals surface area contributed by atoms with E-state index in [1.807, 2.05) is 25.1 Å². The van der Waals surface area contributed by atoms with E-state index in [1.54, 1.807) is 0 Å². The van der Waals surface area contributed by atoms with Gasteiger partial charge in [0, 0.05) is 43.7 Å². The highest BCUT2D eigenvalue weighted by Gasteiger charge is 2.30. The average molecular weight is 473 g/mol. The molecule has 0 atom stereocenters. The topological polar surface area (TPSA) is 57.7 Å². The second-order valence-electron chi connectivity index (χ2n) is 8.56. The molecule has 3 aromatic rings. The van der Waals surface area contributed by atoms with Gasteiger partial charge < -0.3 is 19.9 Å². The molecule has 6 nitrogen and oxygen atoms in total. The van der Waals surface area contributed by atoms with Gasteiger partial charge in [-0.25, -0.2) is 4.98 Å². The SMILES string of the molecule is Cc1cc(N2CCN(C)CC2)nc2ccc(NC(=O)CCc3ccc(OC(F)(F)F)cc3)cc12. The minimum absolute atomic E-state index is 0.172. The smallest absolute Gasteiger partial charge is 0.406 e. The van der Waals surface area contributed by atoms with Crippen LogP contribution in [0.4, 0.5) is 24.7 Å². The van der Waals surface area contributed by atoms with Crippen LogP contribution in [-0.2, 0) is 11.2 Å². The van der Waals surface area contributed by atoms with E-state index in [0.717, 1.165) is 54.0 Å². The van der Waals surface area contributed by atoms with Crippen LogP contribution in [0.1, 0.15) is 17.5 Å². The van der Waals surface area contributed by atoms with Gasteiger partial charge in [-0.2, -0.15) is 0 Å². The molecule has 2 aromatic carbocycles. The Morgan fingerprint density at radius 1 is 1.06 bits per heavy atom. The van der Waals surface area contributed by atoms with Gasteiger partial charge in [-0.15, -0.1) is 13.2 Å². The predicted octanol–water partition coefficient (Wildman–Crippen LogP) is 4.76. The Labute approximate surface area is 196 Å². The van der Waals surface area contributed by atoms with E-state index < -0.39 is 6.36 Å². The van der Waals surface area contributed by atoms with Gasteiger partial charge in [0.2, 0.25) is 5.91 Å². The van der Waals surface area contributed by atoms with Gasteiger partial charge in [0.05, 0.1) is 5.52 Å². The van der Waals surface area contributed by atoms with Crippen LogP contribution in [0.2, 0.25) is 0 Å². The normalized spacial score (nSPS) is 14.9. The van der Waals surface area contributed by atoms with Crippen molar-refractivity contribution in [1.82, 2.24) is 9.88 Å². The van der Waals surface area contributed by atoms with Crippen LogP contribution in [0.5, 0.6) is 5.75 Å². The van der Waals surface area contributed by atoms with Gasteiger partial charge in [-0.1, -0.05) is 12.1 Å². The molecule has 1 aliphatic heterocycles. The zero-order valence-corrected chi connectivity index (χ0v) is 19.2. The van der Waals surface area contributed by atoms with Crippen molar-refractivity contribution < 1.29 is 22.7 Å². The first-order valence-electron chi connectivity index (χ1n) is 11.2. The average Bonchev–Trinajstić information content (AvgIpc) is 2.78. The van der Waals surface area contributed by atoms with Gasteiger partial charge in [0.1, 0.15) is 11.6 Å². The highest BCUT2D eigenvalue weighted by Crippen LogP contribution is 2.26. The maximum absolute atomic E-state index is 12.4. The summed E-state index contributed by atoms with van der Waals surface area (Å²) in [5.41, 5.74) is 3.41. The molecule has 1 N–H and O–H groups in total. The lowest BCUT2D eigenvalue weighted by molar-refractivity contribution is -0.274. The molecule has 0 aliphatic carbocycles. The Hall–Kier alpha value is -3.33. The summed E-state index contributed by atoms with van der Waals surface area (Å²) >= 11 is 0. The number of alkyl halides is 3. The van der Waals surface area contributed by atoms with E-state index in [-0.39, 0.29) is 18.1 Å². The number of fused-ring (bicyclic) bond motifs is 1. The number of aromatic nitrogens is 1. The summed E-state index contributed by atoms with van der Waals surface area (Å²) in [7, 11) is 2.12. The number of hydrogen-bond donors (Lipinski definition) is 1. The monoisotopic (exact) mass is 472 g/mol. The van der Waals surface area contributed by atoms with E-state index in [4.69, 9.17) is 4.98 Å². The summed E-state index contributed by atoms with van der Waals surface area (Å²) in [5.74, 6) is 0.521. The van der Waals surface area contributed by atoms with Crippen molar-refractivity contribution in [2.75, 3.05) is 43.4 Å². The van der Waals surface area contributed by atoms with E-state index in [0.29, 0.717) is 12.1 Å². The van der Waals surface area contributed by atoms with Crippen LogP contribution < -0.4 is 15.0 Å². The number of nitrogens with one attached hydrogen (secondary N) is 1. The largest absolute Gasteiger partial charge is 0.573 e. The lowest BCUT2D eigenvalue weighted by atomic mass is 10.1. The Morgan fingerprint density at radius 3 is 2.44 bits per heavy atom. The molecule has 34 heavy (non-hydrogen) atoms. The number of benzene rings is 2. The van der Waals surface area contributed by atoms with Gasteiger partial charge in [-0.05, 0) is 67.9 Å². The second kappa shape index (κ2) is 9.89. The van der Waals surface area contributed by atoms with E-state index in [2.05, 4.69) is 33.0 Å². The van der Waals surface area contributed by atoms with Crippen molar-refractivity contribution in [3.8, 4) is 5.75 Å². The quantitative estimate of drug-likeness (QED) is 0.561. The third-order valence-corrected chi connectivity index (χ3v) is 5.91. The molecular formula is C25H27F3N4O2. The first-order valence-corrected chi connectivity index (χ1v) is 11.2. The number of anilines is 2. The zero-order valence-electron chi connectivity index (χ0n) is 19.2. The molecule has 2 heterocycles. The van der Waals surface area contributed by atoms with Crippen molar-refractivity contribution in [2.45, 2.75) is 26.1 Å². The van der Waals surface area contributed by atoms with Crippen molar-refractivity contribution in [3.63, 3.8) is 0 Å². The zero-order chi connectivity index (χ0) is 24.3. The highest BCUT2D eigenvalue weighted by molar-refractivity contribution is 5.94. The summed E-state index contributed by atoms with van der Waals surface area (Å²) in [6.45, 7) is 5.95. The third-order valence-electron chi connectivity index (χ3n) is 5.91. The van der Waals surface area contributed by atoms with Crippen LogP contribution in [0.15, 0.2) is 48.5 Å². The molecule has 4 rings (SSSR count). The van der Waals surface area contributed by atoms with E-state index in [1.165, 1.54) is 24.3 Å². The minimum Gasteiger partial charge on any atom is -0.406 e. The lowest BCUT2D eigenvalue weighted by Gasteiger charge is -2.33. The van der Waals surface area contributed by atoms with E-state index >= 15 is 0 Å². The fraction of sp³-hybridized carbons (Fsp3) is 0.360. The molecule has 1 aromatic heterocycles. The van der Waals surface area contributed by atoms with Crippen LogP contribution in [0.25, 0.3) is 10.9 Å². The highest BCUT2D eigenvalue weighted by atomic mass is 19.4. The number of likely N-dealkylation sites (N-methyl/N-ethyl adjacent to an activating group) is 1. The van der Waals surface area contributed by atoms with Crippen LogP contribution in [-0.4, -0.2) is 55.4 Å². The molecule has 1 fully saturated rings. The number of hydrogen-bond acceptors (Lipinski definition) is 5. The molecule has 1 saturated heterocycles. The lowest BCUT2D eigenvalue weighted by Crippen LogP contribution is -2.44. The molecule has 0 radical (unpaired) electrons. The number of piperazine rings is 1. The van der Waals surface area contributed by atoms with Crippen molar-refractivity contribution in [2.24, 2.45) is 0 Å². The Bertz CT molecular complexity index is 1160. The summed E-state index contributed by atoms with van der Waals surface area (Å²) < 4.78 is 40.6. The fourth-order valence-corrected chi connectivity index (χ4v) is 3.99. The first-order chi connectivity index (χ1) is 16.2. The molecule has 1 amide bonds. The molecule has 0 saturated carbocycles. The number of amides is 1. The van der Waals surface area contributed by atoms with Crippen LogP contribution in [0, 0.1) is 6.92 Å². The summed E-state index contributed by atoms with van der Waals surface area (Å²) in [6.07, 6.45) is -4.11. The molecule has 1 aliphatic rings. The van der Waals surface area contributed by atoms with Crippen molar-refractivity contribution in [1.29, 1.82) is 0 Å². The molecule has 0 spiro atoms. The summed E-state index contributed by atoms with van der Waals surface area (Å²) in [4.78, 5) is 21.9. The number of aryl methyl sites for hydroxylation is 2. The van der Waals surface area contributed by atoms with Gasteiger partial charge in [0.15, 0.2) is 0 Å². The molecular weight excluding hydrogens is 445 g/mol. The minimum atomic E-state index is -4.72. The second-order valence-corrected chi connectivity index (χ2v) is 8.56. The fourth-order valence-electron chi connectivity index (χ4n) is 3.99. The molecule has 0 unspecified atom stereocenters. The van der Waals surface area contributed by atoms with E-state index in [9.17, 15) is 18.0 Å². The summed E-state index contributed by atoms with van der Waals surface area (Å²) in [6, 6.07) is 13.3. The Morgan fingerprint density at radius 2 is 1.76 bits per heavy atom. The maximum atomic E-state index is 12.4. The first kappa shape index (κ1) is 23.8. The number of nitrogens with zero attached hydrogens (tertiary/aromatic N) is 3. The van der Waals surface area contributed by atoms with Gasteiger partial charge in [-0.3, -0.25) is 4.79 Å². The number of carbonyl (C=O) groups excluding carboxylic acids is 1. The number of pyridine rings is 1. The van der Waals surface area contributed by atoms with Crippen molar-refractivity contribution in [3.05, 3.63) is 59.7 Å². The Balaban J connectivity index is 1.36. The number of carbonyl (C=O) groups is 1. The van der Waals surface area contributed by atoms with Crippen LogP contribution >= 0.6 is 0 Å². The van der Waals surface area contributed by atoms with Crippen LogP contribution in [0.3, 0.4) is 0 Å². The number of halogens is 3. The Kier molecular flexibility index (Phi) is 6.92. The number of ether oxygens (including phenoxy) is 1. The maximum Gasteiger partial charge on any atom is 0.573 e. The van der Waals surface area contributed by atoms with Gasteiger partial charge in [0.25, 0.3) is 0 Å². The molecule has 0 bridgehead atoms. The van der Waals surface area contributed by atoms with Crippen molar-refractivity contribution >= 4 is 28.3 Å². The molecule has 9 heteroatoms. The van der Waals surface area contributed by atoms with Gasteiger partial charge >= 0.3 is 6.36 Å². The standard InChI is InChI=1S/C25H27F3N4O2/c1-17-15-23(32-13-11-31(2)12-14-32)30-22-9-6-19(16-21(17)22)29-24(33)10-5-18-3-7-20(8-4-18)34-25(26,27)28/h3-4,6-9,15-16H,5,10-14H2,1-2H3,(H,29,33). The molecule has 180 valence electrons.